The van der Waals surface area contributed by atoms with E-state index in [2.05, 4.69) is 26.3 Å². The van der Waals surface area contributed by atoms with Crippen molar-refractivity contribution in [2.75, 3.05) is 0 Å². The fourth-order valence-electron chi connectivity index (χ4n) is 2.10. The number of halogens is 2. The maximum absolute atomic E-state index is 12.9. The molecule has 1 heterocycles. The maximum Gasteiger partial charge on any atom is 0.272 e. The summed E-state index contributed by atoms with van der Waals surface area (Å²) >= 11 is 3.36. The summed E-state index contributed by atoms with van der Waals surface area (Å²) in [4.78, 5) is 12.1. The summed E-state index contributed by atoms with van der Waals surface area (Å²) in [7, 11) is 0. The third kappa shape index (κ3) is 4.90. The normalized spacial score (nSPS) is 10.5. The largest absolute Gasteiger partial charge is 0.471 e. The molecule has 0 saturated heterocycles. The van der Waals surface area contributed by atoms with Crippen molar-refractivity contribution in [3.05, 3.63) is 82.3 Å². The minimum Gasteiger partial charge on any atom is -0.471 e. The number of carbonyl (C=O) groups is 1. The second-order valence-corrected chi connectivity index (χ2v) is 6.19. The fraction of sp³-hybridized carbons (Fsp3) is 0.111. The van der Waals surface area contributed by atoms with Crippen LogP contribution in [0, 0.1) is 5.82 Å². The molecule has 128 valence electrons. The average molecular weight is 404 g/mol. The zero-order valence-corrected chi connectivity index (χ0v) is 14.7. The van der Waals surface area contributed by atoms with Gasteiger partial charge in [0, 0.05) is 17.2 Å². The first-order valence-electron chi connectivity index (χ1n) is 7.54. The third-order valence-electron chi connectivity index (χ3n) is 3.42. The van der Waals surface area contributed by atoms with Gasteiger partial charge in [-0.3, -0.25) is 4.79 Å². The molecule has 1 amide bonds. The predicted octanol–water partition coefficient (Wildman–Crippen LogP) is 3.75. The van der Waals surface area contributed by atoms with Gasteiger partial charge in [0.15, 0.2) is 6.73 Å². The van der Waals surface area contributed by atoms with Gasteiger partial charge in [0.1, 0.15) is 17.3 Å². The van der Waals surface area contributed by atoms with Crippen molar-refractivity contribution in [1.82, 2.24) is 15.1 Å². The summed E-state index contributed by atoms with van der Waals surface area (Å²) in [5.74, 6) is 0.104. The van der Waals surface area contributed by atoms with E-state index in [9.17, 15) is 9.18 Å². The third-order valence-corrected chi connectivity index (χ3v) is 3.95. The number of amides is 1. The summed E-state index contributed by atoms with van der Waals surface area (Å²) in [6.07, 6.45) is 1.67. The lowest BCUT2D eigenvalue weighted by molar-refractivity contribution is 0.0944. The number of aromatic nitrogens is 2. The Morgan fingerprint density at radius 3 is 2.56 bits per heavy atom. The molecule has 0 spiro atoms. The SMILES string of the molecule is O=C(NCc1ccc(F)cc1)c1ccn(COc2ccc(Br)cc2)n1. The molecule has 5 nitrogen and oxygen atoms in total. The van der Waals surface area contributed by atoms with Crippen molar-refractivity contribution in [2.45, 2.75) is 13.3 Å². The molecular formula is C18H15BrFN3O2. The first-order valence-corrected chi connectivity index (χ1v) is 8.34. The molecular weight excluding hydrogens is 389 g/mol. The van der Waals surface area contributed by atoms with E-state index >= 15 is 0 Å². The zero-order valence-electron chi connectivity index (χ0n) is 13.2. The molecule has 2 aromatic carbocycles. The van der Waals surface area contributed by atoms with E-state index in [-0.39, 0.29) is 18.5 Å². The van der Waals surface area contributed by atoms with E-state index in [1.165, 1.54) is 16.8 Å². The van der Waals surface area contributed by atoms with Crippen LogP contribution in [0.25, 0.3) is 0 Å². The lowest BCUT2D eigenvalue weighted by Crippen LogP contribution is -2.23. The topological polar surface area (TPSA) is 56.2 Å². The molecule has 0 unspecified atom stereocenters. The Kier molecular flexibility index (Phi) is 5.45. The number of benzene rings is 2. The van der Waals surface area contributed by atoms with Crippen LogP contribution >= 0.6 is 15.9 Å². The minimum atomic E-state index is -0.306. The molecule has 3 aromatic rings. The van der Waals surface area contributed by atoms with Crippen LogP contribution in [0.3, 0.4) is 0 Å². The number of rotatable bonds is 6. The van der Waals surface area contributed by atoms with Crippen molar-refractivity contribution in [2.24, 2.45) is 0 Å². The van der Waals surface area contributed by atoms with Crippen molar-refractivity contribution in [1.29, 1.82) is 0 Å². The average Bonchev–Trinajstić information content (AvgIpc) is 3.10. The van der Waals surface area contributed by atoms with E-state index in [1.54, 1.807) is 24.4 Å². The zero-order chi connectivity index (χ0) is 17.6. The quantitative estimate of drug-likeness (QED) is 0.681. The smallest absolute Gasteiger partial charge is 0.272 e. The van der Waals surface area contributed by atoms with Crippen LogP contribution in [0.4, 0.5) is 4.39 Å². The maximum atomic E-state index is 12.9. The van der Waals surface area contributed by atoms with Gasteiger partial charge in [-0.25, -0.2) is 9.07 Å². The van der Waals surface area contributed by atoms with Crippen molar-refractivity contribution in [3.63, 3.8) is 0 Å². The van der Waals surface area contributed by atoms with E-state index in [0.29, 0.717) is 18.0 Å². The summed E-state index contributed by atoms with van der Waals surface area (Å²) in [6.45, 7) is 0.508. The van der Waals surface area contributed by atoms with Crippen LogP contribution in [0.2, 0.25) is 0 Å². The highest BCUT2D eigenvalue weighted by Gasteiger charge is 2.09. The van der Waals surface area contributed by atoms with Gasteiger partial charge in [-0.1, -0.05) is 28.1 Å². The fourth-order valence-corrected chi connectivity index (χ4v) is 2.37. The van der Waals surface area contributed by atoms with Gasteiger partial charge in [0.05, 0.1) is 0 Å². The van der Waals surface area contributed by atoms with Crippen LogP contribution < -0.4 is 10.1 Å². The van der Waals surface area contributed by atoms with Gasteiger partial charge in [0.25, 0.3) is 5.91 Å². The van der Waals surface area contributed by atoms with Crippen molar-refractivity contribution >= 4 is 21.8 Å². The summed E-state index contributed by atoms with van der Waals surface area (Å²) in [5, 5.41) is 6.92. The molecule has 0 atom stereocenters. The van der Waals surface area contributed by atoms with E-state index in [1.807, 2.05) is 24.3 Å². The van der Waals surface area contributed by atoms with Crippen molar-refractivity contribution in [3.8, 4) is 5.75 Å². The number of carbonyl (C=O) groups excluding carboxylic acids is 1. The number of hydrogen-bond acceptors (Lipinski definition) is 3. The lowest BCUT2D eigenvalue weighted by atomic mass is 10.2. The van der Waals surface area contributed by atoms with Crippen LogP contribution in [-0.2, 0) is 13.3 Å². The van der Waals surface area contributed by atoms with Gasteiger partial charge in [0.2, 0.25) is 0 Å². The molecule has 0 aliphatic rings. The molecule has 0 radical (unpaired) electrons. The van der Waals surface area contributed by atoms with Gasteiger partial charge >= 0.3 is 0 Å². The Bertz CT molecular complexity index is 848. The van der Waals surface area contributed by atoms with E-state index in [4.69, 9.17) is 4.74 Å². The van der Waals surface area contributed by atoms with Crippen molar-refractivity contribution < 1.29 is 13.9 Å². The molecule has 1 N–H and O–H groups in total. The standard InChI is InChI=1S/C18H15BrFN3O2/c19-14-3-7-16(8-4-14)25-12-23-10-9-17(22-23)18(24)21-11-13-1-5-15(20)6-2-13/h1-10H,11-12H2,(H,21,24). The minimum absolute atomic E-state index is 0.201. The Hall–Kier alpha value is -2.67. The van der Waals surface area contributed by atoms with E-state index in [0.717, 1.165) is 10.0 Å². The molecule has 0 saturated carbocycles. The molecule has 3 rings (SSSR count). The number of ether oxygens (including phenoxy) is 1. The molecule has 1 aromatic heterocycles. The molecule has 0 aliphatic heterocycles. The van der Waals surface area contributed by atoms with Crippen LogP contribution in [-0.4, -0.2) is 15.7 Å². The van der Waals surface area contributed by atoms with Gasteiger partial charge in [-0.15, -0.1) is 0 Å². The monoisotopic (exact) mass is 403 g/mol. The summed E-state index contributed by atoms with van der Waals surface area (Å²) in [5.41, 5.74) is 1.11. The Morgan fingerprint density at radius 1 is 1.12 bits per heavy atom. The number of hydrogen-bond donors (Lipinski definition) is 1. The van der Waals surface area contributed by atoms with Gasteiger partial charge in [-0.2, -0.15) is 5.10 Å². The van der Waals surface area contributed by atoms with Gasteiger partial charge in [-0.05, 0) is 48.0 Å². The molecule has 0 bridgehead atoms. The first kappa shape index (κ1) is 17.2. The second-order valence-electron chi connectivity index (χ2n) is 5.28. The number of nitrogens with zero attached hydrogens (tertiary/aromatic N) is 2. The summed E-state index contributed by atoms with van der Waals surface area (Å²) in [6, 6.07) is 15.0. The first-order chi connectivity index (χ1) is 12.1. The molecule has 0 aliphatic carbocycles. The highest BCUT2D eigenvalue weighted by atomic mass is 79.9. The second kappa shape index (κ2) is 7.94. The lowest BCUT2D eigenvalue weighted by Gasteiger charge is -2.06. The Balaban J connectivity index is 1.52. The summed E-state index contributed by atoms with van der Waals surface area (Å²) < 4.78 is 21.0. The highest BCUT2D eigenvalue weighted by molar-refractivity contribution is 9.10. The van der Waals surface area contributed by atoms with E-state index < -0.39 is 0 Å². The van der Waals surface area contributed by atoms with Gasteiger partial charge < -0.3 is 10.1 Å². The van der Waals surface area contributed by atoms with Crippen LogP contribution in [0.15, 0.2) is 65.3 Å². The molecule has 7 heteroatoms. The van der Waals surface area contributed by atoms with Crippen LogP contribution in [0.5, 0.6) is 5.75 Å². The van der Waals surface area contributed by atoms with Crippen LogP contribution in [0.1, 0.15) is 16.1 Å². The molecule has 25 heavy (non-hydrogen) atoms. The molecule has 0 fully saturated rings. The number of nitrogens with one attached hydrogen (secondary N) is 1. The predicted molar refractivity (Wildman–Crippen MR) is 94.6 cm³/mol. The Labute approximate surface area is 152 Å². The highest BCUT2D eigenvalue weighted by Crippen LogP contribution is 2.16. The Morgan fingerprint density at radius 2 is 1.84 bits per heavy atom.